The van der Waals surface area contributed by atoms with Gasteiger partial charge < -0.3 is 15.0 Å². The number of nitrogens with one attached hydrogen (secondary N) is 1. The SMILES string of the molecule is COc1ccccc1Nc1ncc2c(C#C[Si](C(C)C)(C(C)C)C(C)C)c(N(C)C)c(=O)n(-c3ccccc3)c2n1. The van der Waals surface area contributed by atoms with Crippen molar-refractivity contribution in [1.29, 1.82) is 0 Å². The van der Waals surface area contributed by atoms with Gasteiger partial charge in [0.25, 0.3) is 5.56 Å². The predicted molar refractivity (Wildman–Crippen MR) is 174 cm³/mol. The second-order valence-corrected chi connectivity index (χ2v) is 17.1. The molecule has 7 nitrogen and oxygen atoms in total. The van der Waals surface area contributed by atoms with Gasteiger partial charge >= 0.3 is 0 Å². The zero-order chi connectivity index (χ0) is 29.9. The van der Waals surface area contributed by atoms with Crippen LogP contribution in [0.2, 0.25) is 16.6 Å². The van der Waals surface area contributed by atoms with Crippen LogP contribution in [0.25, 0.3) is 16.7 Å². The summed E-state index contributed by atoms with van der Waals surface area (Å²) in [5.41, 5.74) is 8.17. The third-order valence-corrected chi connectivity index (χ3v) is 14.3. The third kappa shape index (κ3) is 5.59. The van der Waals surface area contributed by atoms with Gasteiger partial charge in [-0.3, -0.25) is 9.36 Å². The minimum Gasteiger partial charge on any atom is -0.495 e. The van der Waals surface area contributed by atoms with E-state index >= 15 is 0 Å². The van der Waals surface area contributed by atoms with Crippen molar-refractivity contribution in [3.05, 3.63) is 76.7 Å². The summed E-state index contributed by atoms with van der Waals surface area (Å²) < 4.78 is 7.16. The van der Waals surface area contributed by atoms with E-state index in [0.717, 1.165) is 16.8 Å². The molecule has 0 spiro atoms. The summed E-state index contributed by atoms with van der Waals surface area (Å²) in [6, 6.07) is 17.2. The molecule has 0 saturated heterocycles. The number of methoxy groups -OCH3 is 1. The predicted octanol–water partition coefficient (Wildman–Crippen LogP) is 7.17. The molecule has 0 aliphatic heterocycles. The zero-order valence-corrected chi connectivity index (χ0v) is 26.6. The maximum Gasteiger partial charge on any atom is 0.281 e. The van der Waals surface area contributed by atoms with Crippen molar-refractivity contribution in [3.63, 3.8) is 0 Å². The molecular formula is C33H41N5O2Si. The number of rotatable bonds is 8. The number of benzene rings is 2. The van der Waals surface area contributed by atoms with Crippen LogP contribution in [0.3, 0.4) is 0 Å². The number of anilines is 3. The molecular weight excluding hydrogens is 526 g/mol. The Kier molecular flexibility index (Phi) is 8.88. The Morgan fingerprint density at radius 2 is 1.54 bits per heavy atom. The molecule has 0 aliphatic rings. The van der Waals surface area contributed by atoms with Crippen molar-refractivity contribution in [2.75, 3.05) is 31.4 Å². The first-order valence-corrected chi connectivity index (χ1v) is 16.4. The van der Waals surface area contributed by atoms with Crippen LogP contribution in [0.4, 0.5) is 17.3 Å². The molecule has 0 radical (unpaired) electrons. The Morgan fingerprint density at radius 1 is 0.927 bits per heavy atom. The Labute approximate surface area is 244 Å². The van der Waals surface area contributed by atoms with E-state index in [-0.39, 0.29) is 5.56 Å². The van der Waals surface area contributed by atoms with Gasteiger partial charge in [-0.25, -0.2) is 4.98 Å². The highest BCUT2D eigenvalue weighted by Gasteiger charge is 2.41. The van der Waals surface area contributed by atoms with Gasteiger partial charge in [0.15, 0.2) is 5.65 Å². The Bertz CT molecular complexity index is 1630. The van der Waals surface area contributed by atoms with E-state index in [2.05, 4.69) is 63.3 Å². The molecule has 0 unspecified atom stereocenters. The molecule has 0 saturated carbocycles. The lowest BCUT2D eigenvalue weighted by Crippen LogP contribution is -2.43. The molecule has 0 aliphatic carbocycles. The lowest BCUT2D eigenvalue weighted by Gasteiger charge is -2.38. The van der Waals surface area contributed by atoms with Crippen molar-refractivity contribution < 1.29 is 4.74 Å². The molecule has 0 bridgehead atoms. The zero-order valence-electron chi connectivity index (χ0n) is 25.6. The monoisotopic (exact) mass is 567 g/mol. The summed E-state index contributed by atoms with van der Waals surface area (Å²) >= 11 is 0. The van der Waals surface area contributed by atoms with E-state index in [0.29, 0.717) is 45.2 Å². The van der Waals surface area contributed by atoms with Gasteiger partial charge in [-0.15, -0.1) is 5.54 Å². The fraction of sp³-hybridized carbons (Fsp3) is 0.364. The average molecular weight is 568 g/mol. The van der Waals surface area contributed by atoms with Crippen LogP contribution in [0.15, 0.2) is 65.6 Å². The number of fused-ring (bicyclic) bond motifs is 1. The van der Waals surface area contributed by atoms with Crippen LogP contribution in [0, 0.1) is 11.5 Å². The number of hydrogen-bond acceptors (Lipinski definition) is 6. The van der Waals surface area contributed by atoms with Crippen LogP contribution in [0.1, 0.15) is 47.1 Å². The summed E-state index contributed by atoms with van der Waals surface area (Å²) in [6.07, 6.45) is 1.78. The number of nitrogens with zero attached hydrogens (tertiary/aromatic N) is 4. The molecule has 214 valence electrons. The van der Waals surface area contributed by atoms with Crippen molar-refractivity contribution in [2.45, 2.75) is 58.2 Å². The summed E-state index contributed by atoms with van der Waals surface area (Å²) in [6.45, 7) is 13.7. The molecule has 2 heterocycles. The number of hydrogen-bond donors (Lipinski definition) is 1. The standard InChI is InChI=1S/C33H41N5O2Si/c1-22(2)41(23(3)4,24(5)6)20-19-26-27-21-34-33(35-28-17-13-14-18-29(28)40-9)36-31(27)38(25-15-11-10-12-16-25)32(39)30(26)37(7)8/h10-18,21-24H,1-9H3,(H,34,35,36). The highest BCUT2D eigenvalue weighted by Crippen LogP contribution is 2.41. The van der Waals surface area contributed by atoms with Gasteiger partial charge in [0, 0.05) is 20.3 Å². The first-order chi connectivity index (χ1) is 19.5. The molecule has 2 aromatic carbocycles. The number of aromatic nitrogens is 3. The highest BCUT2D eigenvalue weighted by molar-refractivity contribution is 6.90. The Balaban J connectivity index is 2.08. The third-order valence-electron chi connectivity index (χ3n) is 7.98. The van der Waals surface area contributed by atoms with E-state index in [1.54, 1.807) is 17.9 Å². The second kappa shape index (κ2) is 12.2. The Hall–Kier alpha value is -4.09. The largest absolute Gasteiger partial charge is 0.495 e. The molecule has 41 heavy (non-hydrogen) atoms. The summed E-state index contributed by atoms with van der Waals surface area (Å²) in [4.78, 5) is 25.8. The molecule has 0 fully saturated rings. The quantitative estimate of drug-likeness (QED) is 0.180. The smallest absolute Gasteiger partial charge is 0.281 e. The maximum absolute atomic E-state index is 14.3. The van der Waals surface area contributed by atoms with E-state index in [4.69, 9.17) is 9.72 Å². The van der Waals surface area contributed by atoms with Gasteiger partial charge in [-0.1, -0.05) is 77.8 Å². The molecule has 8 heteroatoms. The van der Waals surface area contributed by atoms with Crippen LogP contribution in [-0.4, -0.2) is 43.8 Å². The normalized spacial score (nSPS) is 11.6. The highest BCUT2D eigenvalue weighted by atomic mass is 28.3. The summed E-state index contributed by atoms with van der Waals surface area (Å²) in [7, 11) is 3.32. The molecule has 4 rings (SSSR count). The van der Waals surface area contributed by atoms with Gasteiger partial charge in [0.2, 0.25) is 5.95 Å². The van der Waals surface area contributed by atoms with E-state index < -0.39 is 8.07 Å². The van der Waals surface area contributed by atoms with E-state index in [1.165, 1.54) is 0 Å². The fourth-order valence-corrected chi connectivity index (χ4v) is 11.3. The summed E-state index contributed by atoms with van der Waals surface area (Å²) in [5.74, 6) is 4.59. The first kappa shape index (κ1) is 29.9. The first-order valence-electron chi connectivity index (χ1n) is 14.1. The minimum atomic E-state index is -2.08. The molecule has 4 aromatic rings. The van der Waals surface area contributed by atoms with Crippen molar-refractivity contribution in [1.82, 2.24) is 14.5 Å². The fourth-order valence-electron chi connectivity index (χ4n) is 6.05. The van der Waals surface area contributed by atoms with Crippen molar-refractivity contribution in [3.8, 4) is 22.9 Å². The maximum atomic E-state index is 14.3. The molecule has 0 amide bonds. The molecule has 1 N–H and O–H groups in total. The van der Waals surface area contributed by atoms with Crippen molar-refractivity contribution >= 4 is 36.4 Å². The van der Waals surface area contributed by atoms with Gasteiger partial charge in [0.05, 0.1) is 29.4 Å². The number of para-hydroxylation sites is 3. The second-order valence-electron chi connectivity index (χ2n) is 11.5. The lowest BCUT2D eigenvalue weighted by molar-refractivity contribution is 0.417. The number of ether oxygens (including phenoxy) is 1. The van der Waals surface area contributed by atoms with E-state index in [1.807, 2.05) is 73.6 Å². The molecule has 2 aromatic heterocycles. The van der Waals surface area contributed by atoms with Crippen LogP contribution >= 0.6 is 0 Å². The minimum absolute atomic E-state index is 0.175. The van der Waals surface area contributed by atoms with Crippen LogP contribution < -0.4 is 20.5 Å². The van der Waals surface area contributed by atoms with E-state index in [9.17, 15) is 4.79 Å². The van der Waals surface area contributed by atoms with Crippen LogP contribution in [0.5, 0.6) is 5.75 Å². The van der Waals surface area contributed by atoms with Crippen LogP contribution in [-0.2, 0) is 0 Å². The molecule has 0 atom stereocenters. The number of pyridine rings is 1. The average Bonchev–Trinajstić information content (AvgIpc) is 2.93. The van der Waals surface area contributed by atoms with Gasteiger partial charge in [0.1, 0.15) is 19.5 Å². The lowest BCUT2D eigenvalue weighted by atomic mass is 10.1. The van der Waals surface area contributed by atoms with Gasteiger partial charge in [-0.2, -0.15) is 4.98 Å². The van der Waals surface area contributed by atoms with Gasteiger partial charge in [-0.05, 0) is 40.9 Å². The summed E-state index contributed by atoms with van der Waals surface area (Å²) in [5, 5.41) is 4.00. The topological polar surface area (TPSA) is 72.3 Å². The Morgan fingerprint density at radius 3 is 2.12 bits per heavy atom. The van der Waals surface area contributed by atoms with Crippen molar-refractivity contribution in [2.24, 2.45) is 0 Å².